The summed E-state index contributed by atoms with van der Waals surface area (Å²) in [5.41, 5.74) is 1.04. The van der Waals surface area contributed by atoms with E-state index in [0.717, 1.165) is 0 Å². The van der Waals surface area contributed by atoms with Crippen molar-refractivity contribution in [2.75, 3.05) is 5.32 Å². The summed E-state index contributed by atoms with van der Waals surface area (Å²) in [5, 5.41) is 32.3. The number of furan rings is 1. The van der Waals surface area contributed by atoms with Crippen LogP contribution in [-0.4, -0.2) is 21.1 Å². The molecular formula is C18H17N3O6. The molecule has 0 spiro atoms. The first kappa shape index (κ1) is 19.5. The molecule has 0 saturated heterocycles. The third kappa shape index (κ3) is 4.41. The molecule has 0 unspecified atom stereocenters. The number of nitro benzene ring substituents is 1. The molecule has 0 fully saturated rings. The van der Waals surface area contributed by atoms with Gasteiger partial charge in [0.05, 0.1) is 11.5 Å². The molecule has 0 saturated carbocycles. The van der Waals surface area contributed by atoms with Crippen molar-refractivity contribution < 1.29 is 24.3 Å². The normalized spacial score (nSPS) is 10.1. The number of aromatic hydroxyl groups is 1. The van der Waals surface area contributed by atoms with Gasteiger partial charge in [-0.25, -0.2) is 4.79 Å². The lowest BCUT2D eigenvalue weighted by molar-refractivity contribution is -0.384. The third-order valence-corrected chi connectivity index (χ3v) is 3.72. The van der Waals surface area contributed by atoms with Crippen LogP contribution in [-0.2, 0) is 6.54 Å². The Morgan fingerprint density at radius 3 is 2.44 bits per heavy atom. The van der Waals surface area contributed by atoms with Crippen molar-refractivity contribution in [3.63, 3.8) is 0 Å². The van der Waals surface area contributed by atoms with Gasteiger partial charge in [-0.1, -0.05) is 0 Å². The Labute approximate surface area is 153 Å². The lowest BCUT2D eigenvalue weighted by Crippen LogP contribution is -1.98. The number of non-ortho nitro benzene ring substituents is 1. The zero-order chi connectivity index (χ0) is 18.7. The van der Waals surface area contributed by atoms with Crippen molar-refractivity contribution in [2.45, 2.75) is 6.54 Å². The Kier molecular flexibility index (Phi) is 5.78. The summed E-state index contributed by atoms with van der Waals surface area (Å²) in [6, 6.07) is 13.6. The van der Waals surface area contributed by atoms with Crippen LogP contribution in [0.15, 0.2) is 59.0 Å². The van der Waals surface area contributed by atoms with Crippen LogP contribution in [0.3, 0.4) is 0 Å². The van der Waals surface area contributed by atoms with Crippen LogP contribution in [0.5, 0.6) is 5.75 Å². The predicted octanol–water partition coefficient (Wildman–Crippen LogP) is 4.03. The lowest BCUT2D eigenvalue weighted by atomic mass is 10.1. The Bertz CT molecular complexity index is 965. The molecule has 27 heavy (non-hydrogen) atoms. The van der Waals surface area contributed by atoms with Gasteiger partial charge in [0.2, 0.25) is 0 Å². The van der Waals surface area contributed by atoms with Crippen molar-refractivity contribution in [3.05, 3.63) is 76.0 Å². The number of hydrogen-bond acceptors (Lipinski definition) is 7. The minimum Gasteiger partial charge on any atom is -0.507 e. The minimum atomic E-state index is -1.23. The first-order valence-electron chi connectivity index (χ1n) is 7.58. The number of nitro groups is 1. The standard InChI is InChI=1S/C18H14N2O6.H3N/c21-16-7-1-11(9-15(16)18(22)23)17-8-6-14(26-17)10-19-12-2-4-13(5-3-12)20(24)25;/h1-9,19,21H,10H2,(H,22,23);1H3. The van der Waals surface area contributed by atoms with E-state index in [2.05, 4.69) is 5.32 Å². The van der Waals surface area contributed by atoms with Crippen molar-refractivity contribution in [1.82, 2.24) is 6.15 Å². The van der Waals surface area contributed by atoms with Gasteiger partial charge < -0.3 is 26.1 Å². The Balaban J connectivity index is 0.00000261. The number of phenols is 1. The van der Waals surface area contributed by atoms with Crippen LogP contribution >= 0.6 is 0 Å². The van der Waals surface area contributed by atoms with E-state index in [1.807, 2.05) is 0 Å². The lowest BCUT2D eigenvalue weighted by Gasteiger charge is -2.04. The maximum Gasteiger partial charge on any atom is 0.339 e. The maximum atomic E-state index is 11.1. The number of carboxylic acids is 1. The van der Waals surface area contributed by atoms with E-state index in [9.17, 15) is 20.0 Å². The third-order valence-electron chi connectivity index (χ3n) is 3.72. The molecule has 1 aromatic heterocycles. The summed E-state index contributed by atoms with van der Waals surface area (Å²) < 4.78 is 5.68. The van der Waals surface area contributed by atoms with Crippen LogP contribution in [0.4, 0.5) is 11.4 Å². The first-order chi connectivity index (χ1) is 12.4. The van der Waals surface area contributed by atoms with Crippen LogP contribution in [0.1, 0.15) is 16.1 Å². The van der Waals surface area contributed by atoms with Crippen molar-refractivity contribution in [1.29, 1.82) is 0 Å². The van der Waals surface area contributed by atoms with Gasteiger partial charge in [0, 0.05) is 23.4 Å². The number of carboxylic acid groups (broad SMARTS) is 1. The molecule has 1 heterocycles. The highest BCUT2D eigenvalue weighted by atomic mass is 16.6. The highest BCUT2D eigenvalue weighted by Crippen LogP contribution is 2.28. The molecule has 0 aliphatic heterocycles. The Morgan fingerprint density at radius 2 is 1.81 bits per heavy atom. The van der Waals surface area contributed by atoms with E-state index in [4.69, 9.17) is 9.52 Å². The van der Waals surface area contributed by atoms with Gasteiger partial charge in [-0.3, -0.25) is 10.1 Å². The summed E-state index contributed by atoms with van der Waals surface area (Å²) >= 11 is 0. The smallest absolute Gasteiger partial charge is 0.339 e. The number of aromatic carboxylic acids is 1. The minimum absolute atomic E-state index is 0. The largest absolute Gasteiger partial charge is 0.507 e. The molecule has 2 aromatic carbocycles. The van der Waals surface area contributed by atoms with E-state index >= 15 is 0 Å². The Hall–Kier alpha value is -3.85. The van der Waals surface area contributed by atoms with Crippen LogP contribution in [0.2, 0.25) is 0 Å². The molecule has 0 bridgehead atoms. The Morgan fingerprint density at radius 1 is 1.11 bits per heavy atom. The van der Waals surface area contributed by atoms with Gasteiger partial charge in [-0.2, -0.15) is 0 Å². The van der Waals surface area contributed by atoms with Crippen LogP contribution < -0.4 is 11.5 Å². The average Bonchev–Trinajstić information content (AvgIpc) is 3.09. The van der Waals surface area contributed by atoms with Gasteiger partial charge in [0.1, 0.15) is 22.8 Å². The maximum absolute atomic E-state index is 11.1. The second-order valence-electron chi connectivity index (χ2n) is 5.46. The van der Waals surface area contributed by atoms with Gasteiger partial charge in [-0.05, 0) is 42.5 Å². The van der Waals surface area contributed by atoms with Gasteiger partial charge in [0.15, 0.2) is 0 Å². The van der Waals surface area contributed by atoms with Crippen molar-refractivity contribution >= 4 is 17.3 Å². The van der Waals surface area contributed by atoms with Crippen molar-refractivity contribution in [2.24, 2.45) is 0 Å². The fraction of sp³-hybridized carbons (Fsp3) is 0.0556. The summed E-state index contributed by atoms with van der Waals surface area (Å²) in [7, 11) is 0. The molecular weight excluding hydrogens is 354 g/mol. The molecule has 9 nitrogen and oxygen atoms in total. The molecule has 3 rings (SSSR count). The van der Waals surface area contributed by atoms with Gasteiger partial charge in [-0.15, -0.1) is 0 Å². The molecule has 9 heteroatoms. The van der Waals surface area contributed by atoms with Crippen LogP contribution in [0, 0.1) is 10.1 Å². The molecule has 6 N–H and O–H groups in total. The van der Waals surface area contributed by atoms with E-state index in [-0.39, 0.29) is 23.2 Å². The fourth-order valence-electron chi connectivity index (χ4n) is 2.38. The summed E-state index contributed by atoms with van der Waals surface area (Å²) in [6.07, 6.45) is 0. The highest BCUT2D eigenvalue weighted by molar-refractivity contribution is 5.92. The number of nitrogens with one attached hydrogen (secondary N) is 1. The zero-order valence-corrected chi connectivity index (χ0v) is 14.1. The fourth-order valence-corrected chi connectivity index (χ4v) is 2.38. The number of hydrogen-bond donors (Lipinski definition) is 4. The first-order valence-corrected chi connectivity index (χ1v) is 7.58. The second-order valence-corrected chi connectivity index (χ2v) is 5.46. The van der Waals surface area contributed by atoms with E-state index in [1.54, 1.807) is 30.3 Å². The number of rotatable bonds is 6. The number of carbonyl (C=O) groups is 1. The highest BCUT2D eigenvalue weighted by Gasteiger charge is 2.13. The molecule has 0 aliphatic carbocycles. The van der Waals surface area contributed by atoms with Crippen molar-refractivity contribution in [3.8, 4) is 17.1 Å². The second kappa shape index (κ2) is 8.02. The summed E-state index contributed by atoms with van der Waals surface area (Å²) in [4.78, 5) is 21.3. The summed E-state index contributed by atoms with van der Waals surface area (Å²) in [6.45, 7) is 0.349. The molecule has 0 radical (unpaired) electrons. The molecule has 0 atom stereocenters. The molecule has 140 valence electrons. The zero-order valence-electron chi connectivity index (χ0n) is 14.1. The number of nitrogens with zero attached hydrogens (tertiary/aromatic N) is 1. The monoisotopic (exact) mass is 371 g/mol. The predicted molar refractivity (Wildman–Crippen MR) is 98.2 cm³/mol. The van der Waals surface area contributed by atoms with E-state index in [1.165, 1.54) is 24.3 Å². The number of anilines is 1. The molecule has 3 aromatic rings. The van der Waals surface area contributed by atoms with Gasteiger partial charge >= 0.3 is 5.97 Å². The topological polar surface area (TPSA) is 161 Å². The molecule has 0 amide bonds. The van der Waals surface area contributed by atoms with E-state index < -0.39 is 10.9 Å². The number of benzene rings is 2. The van der Waals surface area contributed by atoms with E-state index in [0.29, 0.717) is 29.3 Å². The SMILES string of the molecule is N.O=C(O)c1cc(-c2ccc(CNc3ccc([N+](=O)[O-])cc3)o2)ccc1O. The van der Waals surface area contributed by atoms with Crippen LogP contribution in [0.25, 0.3) is 11.3 Å². The summed E-state index contributed by atoms with van der Waals surface area (Å²) in [5.74, 6) is -0.472. The van der Waals surface area contributed by atoms with Gasteiger partial charge in [0.25, 0.3) is 5.69 Å². The molecule has 0 aliphatic rings. The average molecular weight is 371 g/mol. The quantitative estimate of drug-likeness (QED) is 0.373.